The molecule has 62 valence electrons. The van der Waals surface area contributed by atoms with Crippen LogP contribution in [-0.4, -0.2) is 22.6 Å². The van der Waals surface area contributed by atoms with E-state index in [0.29, 0.717) is 12.2 Å². The number of hydrogen-bond donors (Lipinski definition) is 1. The predicted octanol–water partition coefficient (Wildman–Crippen LogP) is 1.50. The van der Waals surface area contributed by atoms with Gasteiger partial charge in [-0.05, 0) is 18.6 Å². The summed E-state index contributed by atoms with van der Waals surface area (Å²) in [6.07, 6.45) is 1.85. The second-order valence-corrected chi connectivity index (χ2v) is 3.17. The first-order valence-corrected chi connectivity index (χ1v) is 4.59. The molecule has 0 amide bonds. The van der Waals surface area contributed by atoms with E-state index in [4.69, 9.17) is 10.4 Å². The highest BCUT2D eigenvalue weighted by Crippen LogP contribution is 2.04. The third-order valence-electron chi connectivity index (χ3n) is 1.10. The van der Waals surface area contributed by atoms with Crippen molar-refractivity contribution in [3.05, 3.63) is 0 Å². The zero-order valence-electron chi connectivity index (χ0n) is 6.25. The number of carbonyl (C=O) groups is 1. The van der Waals surface area contributed by atoms with E-state index in [1.165, 1.54) is 0 Å². The zero-order valence-corrected chi connectivity index (χ0v) is 7.06. The largest absolute Gasteiger partial charge is 0.481 e. The molecular weight excluding hydrogens is 162 g/mol. The number of nitrogens with zero attached hydrogens (tertiary/aromatic N) is 1. The fourth-order valence-electron chi connectivity index (χ4n) is 0.598. The molecule has 1 N–H and O–H groups in total. The van der Waals surface area contributed by atoms with Crippen molar-refractivity contribution in [3.8, 4) is 6.07 Å². The van der Waals surface area contributed by atoms with Gasteiger partial charge in [0.1, 0.15) is 0 Å². The Kier molecular flexibility index (Phi) is 6.95. The van der Waals surface area contributed by atoms with Crippen molar-refractivity contribution in [2.24, 2.45) is 0 Å². The number of thioether (sulfide) groups is 1. The summed E-state index contributed by atoms with van der Waals surface area (Å²) in [7, 11) is 0. The molecule has 0 bridgehead atoms. The standard InChI is InChI=1S/C7H11NO2S/c8-4-6-11-5-2-1-3-7(9)10/h1-3,5-6H2,(H,9,10). The first kappa shape index (κ1) is 10.3. The van der Waals surface area contributed by atoms with Gasteiger partial charge in [0.05, 0.1) is 11.8 Å². The van der Waals surface area contributed by atoms with Crippen LogP contribution in [0.2, 0.25) is 0 Å². The van der Waals surface area contributed by atoms with Gasteiger partial charge in [-0.25, -0.2) is 0 Å². The molecular formula is C7H11NO2S. The number of unbranched alkanes of at least 4 members (excludes halogenated alkanes) is 1. The smallest absolute Gasteiger partial charge is 0.303 e. The van der Waals surface area contributed by atoms with Crippen molar-refractivity contribution >= 4 is 17.7 Å². The Bertz CT molecular complexity index is 153. The normalized spacial score (nSPS) is 9.00. The Labute approximate surface area is 70.4 Å². The SMILES string of the molecule is N#CCSCCCCC(=O)O. The molecule has 0 aromatic carbocycles. The number of rotatable bonds is 6. The number of carboxylic acid groups (broad SMARTS) is 1. The van der Waals surface area contributed by atoms with Crippen LogP contribution in [0, 0.1) is 11.3 Å². The van der Waals surface area contributed by atoms with Gasteiger partial charge in [0.25, 0.3) is 0 Å². The van der Waals surface area contributed by atoms with Gasteiger partial charge in [-0.15, -0.1) is 11.8 Å². The highest BCUT2D eigenvalue weighted by Gasteiger charge is 1.95. The lowest BCUT2D eigenvalue weighted by molar-refractivity contribution is -0.137. The van der Waals surface area contributed by atoms with Crippen LogP contribution in [0.3, 0.4) is 0 Å². The van der Waals surface area contributed by atoms with Crippen molar-refractivity contribution in [1.29, 1.82) is 5.26 Å². The van der Waals surface area contributed by atoms with Crippen molar-refractivity contribution < 1.29 is 9.90 Å². The highest BCUT2D eigenvalue weighted by atomic mass is 32.2. The number of carboxylic acids is 1. The van der Waals surface area contributed by atoms with Gasteiger partial charge in [0.15, 0.2) is 0 Å². The van der Waals surface area contributed by atoms with Gasteiger partial charge in [-0.2, -0.15) is 5.26 Å². The fourth-order valence-corrected chi connectivity index (χ4v) is 1.24. The predicted molar refractivity (Wildman–Crippen MR) is 44.4 cm³/mol. The molecule has 0 atom stereocenters. The van der Waals surface area contributed by atoms with Crippen molar-refractivity contribution in [2.75, 3.05) is 11.5 Å². The molecule has 0 saturated heterocycles. The number of aliphatic carboxylic acids is 1. The lowest BCUT2D eigenvalue weighted by atomic mass is 10.3. The van der Waals surface area contributed by atoms with Crippen molar-refractivity contribution in [1.82, 2.24) is 0 Å². The average Bonchev–Trinajstić information content (AvgIpc) is 1.96. The number of nitriles is 1. The Morgan fingerprint density at radius 3 is 2.82 bits per heavy atom. The third-order valence-corrected chi connectivity index (χ3v) is 2.01. The van der Waals surface area contributed by atoms with Crippen LogP contribution in [-0.2, 0) is 4.79 Å². The summed E-state index contributed by atoms with van der Waals surface area (Å²) in [5.41, 5.74) is 0. The lowest BCUT2D eigenvalue weighted by Gasteiger charge is -1.94. The highest BCUT2D eigenvalue weighted by molar-refractivity contribution is 7.99. The number of hydrogen-bond acceptors (Lipinski definition) is 3. The maximum atomic E-state index is 10.0. The molecule has 0 saturated carbocycles. The molecule has 0 heterocycles. The minimum Gasteiger partial charge on any atom is -0.481 e. The summed E-state index contributed by atoms with van der Waals surface area (Å²) in [6, 6.07) is 2.01. The fraction of sp³-hybridized carbons (Fsp3) is 0.714. The van der Waals surface area contributed by atoms with Gasteiger partial charge >= 0.3 is 5.97 Å². The third kappa shape index (κ3) is 9.31. The van der Waals surface area contributed by atoms with E-state index >= 15 is 0 Å². The summed E-state index contributed by atoms with van der Waals surface area (Å²) in [5, 5.41) is 16.4. The second-order valence-electron chi connectivity index (χ2n) is 2.06. The first-order valence-electron chi connectivity index (χ1n) is 3.44. The van der Waals surface area contributed by atoms with Crippen LogP contribution >= 0.6 is 11.8 Å². The summed E-state index contributed by atoms with van der Waals surface area (Å²) in [4.78, 5) is 10.0. The molecule has 0 rings (SSSR count). The molecule has 0 spiro atoms. The molecule has 3 nitrogen and oxygen atoms in total. The van der Waals surface area contributed by atoms with E-state index in [1.54, 1.807) is 11.8 Å². The molecule has 4 heteroatoms. The first-order chi connectivity index (χ1) is 5.27. The molecule has 0 fully saturated rings. The van der Waals surface area contributed by atoms with E-state index in [1.807, 2.05) is 6.07 Å². The van der Waals surface area contributed by atoms with Crippen LogP contribution in [0.5, 0.6) is 0 Å². The van der Waals surface area contributed by atoms with Crippen LogP contribution in [0.4, 0.5) is 0 Å². The quantitative estimate of drug-likeness (QED) is 0.618. The van der Waals surface area contributed by atoms with E-state index in [0.717, 1.165) is 12.2 Å². The minimum atomic E-state index is -0.740. The average molecular weight is 173 g/mol. The minimum absolute atomic E-state index is 0.243. The van der Waals surface area contributed by atoms with Crippen LogP contribution in [0.1, 0.15) is 19.3 Å². The van der Waals surface area contributed by atoms with Crippen molar-refractivity contribution in [2.45, 2.75) is 19.3 Å². The summed E-state index contributed by atoms with van der Waals surface area (Å²) < 4.78 is 0. The Hall–Kier alpha value is -0.690. The Balaban J connectivity index is 2.92. The van der Waals surface area contributed by atoms with Gasteiger partial charge in [-0.3, -0.25) is 4.79 Å². The summed E-state index contributed by atoms with van der Waals surface area (Å²) >= 11 is 1.55. The molecule has 0 aliphatic heterocycles. The molecule has 0 aliphatic rings. The molecule has 0 aromatic rings. The topological polar surface area (TPSA) is 61.1 Å². The lowest BCUT2D eigenvalue weighted by Crippen LogP contribution is -1.94. The molecule has 0 radical (unpaired) electrons. The molecule has 11 heavy (non-hydrogen) atoms. The van der Waals surface area contributed by atoms with E-state index in [2.05, 4.69) is 0 Å². The maximum Gasteiger partial charge on any atom is 0.303 e. The Morgan fingerprint density at radius 1 is 1.55 bits per heavy atom. The van der Waals surface area contributed by atoms with E-state index in [9.17, 15) is 4.79 Å². The van der Waals surface area contributed by atoms with Crippen LogP contribution < -0.4 is 0 Å². The monoisotopic (exact) mass is 173 g/mol. The van der Waals surface area contributed by atoms with Gasteiger partial charge < -0.3 is 5.11 Å². The maximum absolute atomic E-state index is 10.0. The van der Waals surface area contributed by atoms with Crippen LogP contribution in [0.25, 0.3) is 0 Å². The summed E-state index contributed by atoms with van der Waals surface area (Å²) in [6.45, 7) is 0. The van der Waals surface area contributed by atoms with Crippen molar-refractivity contribution in [3.63, 3.8) is 0 Å². The summed E-state index contributed by atoms with van der Waals surface area (Å²) in [5.74, 6) is 0.656. The van der Waals surface area contributed by atoms with Crippen LogP contribution in [0.15, 0.2) is 0 Å². The zero-order chi connectivity index (χ0) is 8.53. The van der Waals surface area contributed by atoms with E-state index < -0.39 is 5.97 Å². The Morgan fingerprint density at radius 2 is 2.27 bits per heavy atom. The van der Waals surface area contributed by atoms with Gasteiger partial charge in [-0.1, -0.05) is 0 Å². The molecule has 0 aromatic heterocycles. The van der Waals surface area contributed by atoms with E-state index in [-0.39, 0.29) is 6.42 Å². The second kappa shape index (κ2) is 7.42. The molecule has 0 aliphatic carbocycles. The van der Waals surface area contributed by atoms with Gasteiger partial charge in [0.2, 0.25) is 0 Å². The van der Waals surface area contributed by atoms with Gasteiger partial charge in [0, 0.05) is 6.42 Å². The molecule has 0 unspecified atom stereocenters.